The van der Waals surface area contributed by atoms with E-state index in [2.05, 4.69) is 0 Å². The minimum atomic E-state index is -0.495. The highest BCUT2D eigenvalue weighted by molar-refractivity contribution is 8.19. The number of carbonyl (C=O) groups is 3. The van der Waals surface area contributed by atoms with Gasteiger partial charge in [0.25, 0.3) is 17.1 Å². The zero-order valence-corrected chi connectivity index (χ0v) is 14.6. The smallest absolute Gasteiger partial charge is 0.298 e. The molecular weight excluding hydrogens is 360 g/mol. The van der Waals surface area contributed by atoms with E-state index in [9.17, 15) is 14.4 Å². The van der Waals surface area contributed by atoms with E-state index in [1.54, 1.807) is 43.4 Å². The van der Waals surface area contributed by atoms with Gasteiger partial charge in [-0.15, -0.1) is 0 Å². The predicted molar refractivity (Wildman–Crippen MR) is 98.7 cm³/mol. The number of fused-ring (bicyclic) bond motifs is 1. The molecule has 1 saturated heterocycles. The maximum absolute atomic E-state index is 12.9. The Morgan fingerprint density at radius 3 is 2.32 bits per heavy atom. The van der Waals surface area contributed by atoms with E-state index in [0.717, 1.165) is 22.3 Å². The van der Waals surface area contributed by atoms with Crippen molar-refractivity contribution in [2.45, 2.75) is 0 Å². The lowest BCUT2D eigenvalue weighted by atomic mass is 10.1. The third kappa shape index (κ3) is 2.37. The Balaban J connectivity index is 1.84. The fraction of sp³-hybridized carbons (Fsp3) is 0.0556. The molecule has 0 bridgehead atoms. The Morgan fingerprint density at radius 1 is 0.920 bits per heavy atom. The standard InChI is InChI=1S/C18H11ClN2O3S/c1-20-13-5-3-2-4-12(13)14(16(20)22)15-17(23)21(18(24)25-15)11-8-6-10(19)7-9-11/h2-9H,1H3/b15-14-. The largest absolute Gasteiger partial charge is 0.311 e. The molecule has 0 N–H and O–H groups in total. The number of benzene rings is 2. The zero-order valence-electron chi connectivity index (χ0n) is 13.0. The maximum Gasteiger partial charge on any atom is 0.298 e. The molecule has 2 aliphatic heterocycles. The topological polar surface area (TPSA) is 57.7 Å². The molecule has 3 amide bonds. The van der Waals surface area contributed by atoms with Crippen LogP contribution in [0.3, 0.4) is 0 Å². The molecule has 5 nitrogen and oxygen atoms in total. The van der Waals surface area contributed by atoms with Crippen LogP contribution in [-0.2, 0) is 9.59 Å². The number of para-hydroxylation sites is 1. The normalized spacial score (nSPS) is 19.8. The third-order valence-corrected chi connectivity index (χ3v) is 5.33. The summed E-state index contributed by atoms with van der Waals surface area (Å²) in [4.78, 5) is 40.6. The molecule has 2 aliphatic rings. The number of anilines is 2. The summed E-state index contributed by atoms with van der Waals surface area (Å²) in [5, 5.41) is 0.0743. The van der Waals surface area contributed by atoms with Gasteiger partial charge in [-0.3, -0.25) is 14.4 Å². The van der Waals surface area contributed by atoms with E-state index in [-0.39, 0.29) is 16.4 Å². The Labute approximate surface area is 152 Å². The molecule has 1 fully saturated rings. The molecular formula is C18H11ClN2O3S. The number of carbonyl (C=O) groups excluding carboxylic acids is 3. The predicted octanol–water partition coefficient (Wildman–Crippen LogP) is 3.93. The Morgan fingerprint density at radius 2 is 1.60 bits per heavy atom. The SMILES string of the molecule is CN1C(=O)/C(=C2\SC(=O)N(c3ccc(Cl)cc3)C2=O)c2ccccc21. The van der Waals surface area contributed by atoms with Gasteiger partial charge in [0.05, 0.1) is 21.9 Å². The summed E-state index contributed by atoms with van der Waals surface area (Å²) in [6.45, 7) is 0. The molecule has 0 radical (unpaired) electrons. The fourth-order valence-corrected chi connectivity index (χ4v) is 3.98. The van der Waals surface area contributed by atoms with Crippen LogP contribution in [0.1, 0.15) is 5.56 Å². The van der Waals surface area contributed by atoms with E-state index in [0.29, 0.717) is 16.3 Å². The van der Waals surface area contributed by atoms with Crippen LogP contribution in [0.25, 0.3) is 5.57 Å². The van der Waals surface area contributed by atoms with Crippen LogP contribution >= 0.6 is 23.4 Å². The summed E-state index contributed by atoms with van der Waals surface area (Å²) in [5.74, 6) is -0.784. The van der Waals surface area contributed by atoms with Gasteiger partial charge in [0.2, 0.25) is 0 Å². The molecule has 124 valence electrons. The number of imide groups is 1. The van der Waals surface area contributed by atoms with E-state index < -0.39 is 11.1 Å². The highest BCUT2D eigenvalue weighted by atomic mass is 35.5. The summed E-state index contributed by atoms with van der Waals surface area (Å²) < 4.78 is 0. The lowest BCUT2D eigenvalue weighted by Crippen LogP contribution is -2.28. The van der Waals surface area contributed by atoms with Crippen molar-refractivity contribution in [3.63, 3.8) is 0 Å². The second kappa shape index (κ2) is 5.75. The number of rotatable bonds is 1. The number of halogens is 1. The van der Waals surface area contributed by atoms with Crippen LogP contribution in [0.5, 0.6) is 0 Å². The molecule has 0 atom stereocenters. The molecule has 7 heteroatoms. The van der Waals surface area contributed by atoms with Crippen LogP contribution < -0.4 is 9.80 Å². The first-order valence-corrected chi connectivity index (χ1v) is 8.62. The van der Waals surface area contributed by atoms with Crippen molar-refractivity contribution in [3.05, 3.63) is 64.0 Å². The number of thioether (sulfide) groups is 1. The van der Waals surface area contributed by atoms with Gasteiger partial charge >= 0.3 is 0 Å². The summed E-state index contributed by atoms with van der Waals surface area (Å²) >= 11 is 6.65. The average Bonchev–Trinajstić information content (AvgIpc) is 3.03. The summed E-state index contributed by atoms with van der Waals surface area (Å²) in [6, 6.07) is 13.6. The third-order valence-electron chi connectivity index (χ3n) is 4.13. The van der Waals surface area contributed by atoms with Crippen LogP contribution in [-0.4, -0.2) is 24.1 Å². The van der Waals surface area contributed by atoms with Gasteiger partial charge in [-0.2, -0.15) is 0 Å². The lowest BCUT2D eigenvalue weighted by Gasteiger charge is -2.12. The molecule has 0 spiro atoms. The van der Waals surface area contributed by atoms with Crippen LogP contribution in [0, 0.1) is 0 Å². The summed E-state index contributed by atoms with van der Waals surface area (Å²) in [5.41, 5.74) is 2.09. The number of nitrogens with zero attached hydrogens (tertiary/aromatic N) is 2. The molecule has 25 heavy (non-hydrogen) atoms. The number of amides is 3. The van der Waals surface area contributed by atoms with Crippen molar-refractivity contribution < 1.29 is 14.4 Å². The number of hydrogen-bond donors (Lipinski definition) is 0. The van der Waals surface area contributed by atoms with Gasteiger partial charge in [0, 0.05) is 17.6 Å². The molecule has 2 aromatic rings. The first kappa shape index (κ1) is 15.9. The molecule has 0 saturated carbocycles. The second-order valence-electron chi connectivity index (χ2n) is 5.57. The minimum Gasteiger partial charge on any atom is -0.311 e. The van der Waals surface area contributed by atoms with Crippen molar-refractivity contribution in [2.75, 3.05) is 16.8 Å². The lowest BCUT2D eigenvalue weighted by molar-refractivity contribution is -0.115. The first-order valence-electron chi connectivity index (χ1n) is 7.42. The second-order valence-corrected chi connectivity index (χ2v) is 6.97. The number of hydrogen-bond acceptors (Lipinski definition) is 4. The van der Waals surface area contributed by atoms with Gasteiger partial charge in [-0.05, 0) is 42.1 Å². The average molecular weight is 371 g/mol. The van der Waals surface area contributed by atoms with Crippen molar-refractivity contribution >= 4 is 57.4 Å². The Kier molecular flexibility index (Phi) is 3.67. The van der Waals surface area contributed by atoms with Crippen LogP contribution in [0.4, 0.5) is 16.2 Å². The van der Waals surface area contributed by atoms with Gasteiger partial charge < -0.3 is 4.90 Å². The molecule has 0 aliphatic carbocycles. The van der Waals surface area contributed by atoms with Crippen molar-refractivity contribution in [2.24, 2.45) is 0 Å². The Bertz CT molecular complexity index is 969. The molecule has 0 unspecified atom stereocenters. The fourth-order valence-electron chi connectivity index (χ4n) is 2.92. The van der Waals surface area contributed by atoms with Gasteiger partial charge in [-0.1, -0.05) is 29.8 Å². The van der Waals surface area contributed by atoms with Crippen molar-refractivity contribution in [3.8, 4) is 0 Å². The van der Waals surface area contributed by atoms with Crippen molar-refractivity contribution in [1.82, 2.24) is 0 Å². The monoisotopic (exact) mass is 370 g/mol. The quantitative estimate of drug-likeness (QED) is 0.714. The van der Waals surface area contributed by atoms with Crippen molar-refractivity contribution in [1.29, 1.82) is 0 Å². The maximum atomic E-state index is 12.9. The van der Waals surface area contributed by atoms with Gasteiger partial charge in [0.15, 0.2) is 0 Å². The molecule has 0 aromatic heterocycles. The highest BCUT2D eigenvalue weighted by Gasteiger charge is 2.43. The summed E-state index contributed by atoms with van der Waals surface area (Å²) in [6.07, 6.45) is 0. The first-order chi connectivity index (χ1) is 12.0. The highest BCUT2D eigenvalue weighted by Crippen LogP contribution is 2.44. The minimum absolute atomic E-state index is 0.154. The van der Waals surface area contributed by atoms with Gasteiger partial charge in [-0.25, -0.2) is 4.90 Å². The molecule has 2 aromatic carbocycles. The van der Waals surface area contributed by atoms with E-state index in [1.165, 1.54) is 4.90 Å². The van der Waals surface area contributed by atoms with E-state index in [4.69, 9.17) is 11.6 Å². The zero-order chi connectivity index (χ0) is 17.7. The van der Waals surface area contributed by atoms with E-state index >= 15 is 0 Å². The Hall–Kier alpha value is -2.57. The molecule has 2 heterocycles. The van der Waals surface area contributed by atoms with Crippen LogP contribution in [0.2, 0.25) is 5.02 Å². The van der Waals surface area contributed by atoms with E-state index in [1.807, 2.05) is 12.1 Å². The molecule has 4 rings (SSSR count). The van der Waals surface area contributed by atoms with Gasteiger partial charge in [0.1, 0.15) is 0 Å². The summed E-state index contributed by atoms with van der Waals surface area (Å²) in [7, 11) is 1.65. The van der Waals surface area contributed by atoms with Crippen LogP contribution in [0.15, 0.2) is 53.4 Å². The number of likely N-dealkylation sites (N-methyl/N-ethyl adjacent to an activating group) is 1.